The van der Waals surface area contributed by atoms with Gasteiger partial charge in [0.15, 0.2) is 6.10 Å². The summed E-state index contributed by atoms with van der Waals surface area (Å²) < 4.78 is 5.04. The Morgan fingerprint density at radius 2 is 2.07 bits per heavy atom. The third-order valence-electron chi connectivity index (χ3n) is 2.30. The first kappa shape index (κ1) is 10.3. The van der Waals surface area contributed by atoms with Gasteiger partial charge in [-0.1, -0.05) is 23.7 Å². The Morgan fingerprint density at radius 3 is 2.67 bits per heavy atom. The number of carbonyl (C=O) groups is 1. The van der Waals surface area contributed by atoms with E-state index in [0.29, 0.717) is 5.02 Å². The van der Waals surface area contributed by atoms with Gasteiger partial charge >= 0.3 is 6.09 Å². The monoisotopic (exact) mass is 227 g/mol. The molecule has 0 radical (unpaired) electrons. The van der Waals surface area contributed by atoms with Crippen molar-refractivity contribution in [2.45, 2.75) is 12.1 Å². The Labute approximate surface area is 91.8 Å². The average Bonchev–Trinajstić information content (AvgIpc) is 2.61. The average molecular weight is 228 g/mol. The molecule has 1 heterocycles. The van der Waals surface area contributed by atoms with Crippen LogP contribution in [0.5, 0.6) is 0 Å². The third-order valence-corrected chi connectivity index (χ3v) is 2.55. The van der Waals surface area contributed by atoms with E-state index >= 15 is 0 Å². The number of alkyl carbamates (subject to hydrolysis) is 1. The highest BCUT2D eigenvalue weighted by Crippen LogP contribution is 2.26. The van der Waals surface area contributed by atoms with Crippen LogP contribution in [0.1, 0.15) is 11.7 Å². The fourth-order valence-electron chi connectivity index (χ4n) is 1.55. The summed E-state index contributed by atoms with van der Waals surface area (Å²) in [7, 11) is 0. The smallest absolute Gasteiger partial charge is 0.408 e. The minimum absolute atomic E-state index is 0.154. The molecule has 2 N–H and O–H groups in total. The first-order valence-corrected chi connectivity index (χ1v) is 4.92. The second kappa shape index (κ2) is 4.08. The van der Waals surface area contributed by atoms with E-state index in [-0.39, 0.29) is 6.61 Å². The summed E-state index contributed by atoms with van der Waals surface area (Å²) in [5.74, 6) is 0. The first-order chi connectivity index (χ1) is 7.20. The predicted octanol–water partition coefficient (Wildman–Crippen LogP) is 1.48. The summed E-state index contributed by atoms with van der Waals surface area (Å²) in [5.41, 5.74) is 0.816. The molecule has 1 fully saturated rings. The number of hydrogen-bond donors (Lipinski definition) is 2. The largest absolute Gasteiger partial charge is 0.439 e. The lowest BCUT2D eigenvalue weighted by Crippen LogP contribution is -2.31. The molecule has 4 nitrogen and oxygen atoms in total. The zero-order valence-corrected chi connectivity index (χ0v) is 8.57. The summed E-state index contributed by atoms with van der Waals surface area (Å²) in [6.45, 7) is -0.154. The lowest BCUT2D eigenvalue weighted by atomic mass is 10.0. The van der Waals surface area contributed by atoms with Crippen molar-refractivity contribution in [3.63, 3.8) is 0 Å². The van der Waals surface area contributed by atoms with E-state index < -0.39 is 18.2 Å². The van der Waals surface area contributed by atoms with Crippen LogP contribution in [0.3, 0.4) is 0 Å². The van der Waals surface area contributed by atoms with Crippen molar-refractivity contribution >= 4 is 17.7 Å². The highest BCUT2D eigenvalue weighted by atomic mass is 35.5. The van der Waals surface area contributed by atoms with E-state index in [0.717, 1.165) is 5.56 Å². The van der Waals surface area contributed by atoms with E-state index in [4.69, 9.17) is 21.4 Å². The summed E-state index contributed by atoms with van der Waals surface area (Å²) in [5, 5.41) is 12.2. The van der Waals surface area contributed by atoms with Gasteiger partial charge in [-0.2, -0.15) is 0 Å². The number of cyclic esters (lactones) is 1. The molecule has 1 aromatic carbocycles. The van der Waals surface area contributed by atoms with Crippen LogP contribution in [0.25, 0.3) is 0 Å². The molecule has 0 saturated carbocycles. The SMILES string of the molecule is O=C1NC(CO)C(c2ccc(Cl)cc2)O1. The van der Waals surface area contributed by atoms with Crippen LogP contribution in [0, 0.1) is 0 Å². The van der Waals surface area contributed by atoms with Crippen molar-refractivity contribution in [2.24, 2.45) is 0 Å². The van der Waals surface area contributed by atoms with Crippen molar-refractivity contribution in [1.82, 2.24) is 5.32 Å². The predicted molar refractivity (Wildman–Crippen MR) is 54.7 cm³/mol. The summed E-state index contributed by atoms with van der Waals surface area (Å²) in [6, 6.07) is 6.60. The molecule has 1 saturated heterocycles. The molecular weight excluding hydrogens is 218 g/mol. The molecule has 0 bridgehead atoms. The molecule has 0 aromatic heterocycles. The Balaban J connectivity index is 2.22. The quantitative estimate of drug-likeness (QED) is 0.805. The number of amides is 1. The van der Waals surface area contributed by atoms with E-state index in [1.165, 1.54) is 0 Å². The number of halogens is 1. The molecule has 1 aliphatic heterocycles. The van der Waals surface area contributed by atoms with Crippen LogP contribution in [-0.2, 0) is 4.74 Å². The Bertz CT molecular complexity index is 365. The highest BCUT2D eigenvalue weighted by Gasteiger charge is 2.34. The Hall–Kier alpha value is -1.26. The van der Waals surface area contributed by atoms with Crippen LogP contribution in [-0.4, -0.2) is 23.8 Å². The van der Waals surface area contributed by atoms with Gasteiger partial charge in [0.1, 0.15) is 0 Å². The topological polar surface area (TPSA) is 58.6 Å². The summed E-state index contributed by atoms with van der Waals surface area (Å²) in [6.07, 6.45) is -0.950. The molecule has 2 unspecified atom stereocenters. The number of carbonyl (C=O) groups excluding carboxylic acids is 1. The molecule has 1 aromatic rings. The molecule has 2 atom stereocenters. The number of aliphatic hydroxyl groups excluding tert-OH is 1. The molecular formula is C10H10ClNO3. The van der Waals surface area contributed by atoms with Gasteiger partial charge in [-0.3, -0.25) is 0 Å². The second-order valence-electron chi connectivity index (χ2n) is 3.31. The van der Waals surface area contributed by atoms with Crippen molar-refractivity contribution in [1.29, 1.82) is 0 Å². The summed E-state index contributed by atoms with van der Waals surface area (Å²) >= 11 is 5.74. The highest BCUT2D eigenvalue weighted by molar-refractivity contribution is 6.30. The van der Waals surface area contributed by atoms with Crippen LogP contribution in [0.15, 0.2) is 24.3 Å². The van der Waals surface area contributed by atoms with Crippen LogP contribution in [0.2, 0.25) is 5.02 Å². The minimum Gasteiger partial charge on any atom is -0.439 e. The van der Waals surface area contributed by atoms with Gasteiger partial charge in [0, 0.05) is 5.02 Å². The van der Waals surface area contributed by atoms with Crippen LogP contribution < -0.4 is 5.32 Å². The molecule has 1 aliphatic rings. The van der Waals surface area contributed by atoms with E-state index in [1.807, 2.05) is 0 Å². The number of rotatable bonds is 2. The lowest BCUT2D eigenvalue weighted by molar-refractivity contribution is 0.119. The van der Waals surface area contributed by atoms with Crippen LogP contribution in [0.4, 0.5) is 4.79 Å². The fraction of sp³-hybridized carbons (Fsp3) is 0.300. The molecule has 5 heteroatoms. The molecule has 0 spiro atoms. The number of benzene rings is 1. The van der Waals surface area contributed by atoms with Gasteiger partial charge in [0.2, 0.25) is 0 Å². The number of aliphatic hydroxyl groups is 1. The maximum Gasteiger partial charge on any atom is 0.408 e. The van der Waals surface area contributed by atoms with Gasteiger partial charge in [0.25, 0.3) is 0 Å². The molecule has 1 amide bonds. The fourth-order valence-corrected chi connectivity index (χ4v) is 1.68. The second-order valence-corrected chi connectivity index (χ2v) is 3.75. The molecule has 15 heavy (non-hydrogen) atoms. The van der Waals surface area contributed by atoms with Crippen molar-refractivity contribution in [3.8, 4) is 0 Å². The van der Waals surface area contributed by atoms with Gasteiger partial charge in [0.05, 0.1) is 12.6 Å². The van der Waals surface area contributed by atoms with Crippen molar-refractivity contribution in [3.05, 3.63) is 34.9 Å². The number of ether oxygens (including phenoxy) is 1. The van der Waals surface area contributed by atoms with Gasteiger partial charge in [-0.15, -0.1) is 0 Å². The zero-order valence-electron chi connectivity index (χ0n) is 7.81. The molecule has 0 aliphatic carbocycles. The van der Waals surface area contributed by atoms with Crippen molar-refractivity contribution in [2.75, 3.05) is 6.61 Å². The first-order valence-electron chi connectivity index (χ1n) is 4.54. The van der Waals surface area contributed by atoms with Gasteiger partial charge < -0.3 is 15.2 Å². The third kappa shape index (κ3) is 2.06. The minimum atomic E-state index is -0.506. The maximum absolute atomic E-state index is 11.0. The standard InChI is InChI=1S/C10H10ClNO3/c11-7-3-1-6(2-4-7)9-8(5-13)12-10(14)15-9/h1-4,8-9,13H,5H2,(H,12,14). The summed E-state index contributed by atoms with van der Waals surface area (Å²) in [4.78, 5) is 11.0. The van der Waals surface area contributed by atoms with E-state index in [9.17, 15) is 4.79 Å². The van der Waals surface area contributed by atoms with Crippen LogP contribution >= 0.6 is 11.6 Å². The molecule has 80 valence electrons. The normalized spacial score (nSPS) is 24.8. The van der Waals surface area contributed by atoms with E-state index in [2.05, 4.69) is 5.32 Å². The van der Waals surface area contributed by atoms with Gasteiger partial charge in [-0.05, 0) is 17.7 Å². The number of hydrogen-bond acceptors (Lipinski definition) is 3. The van der Waals surface area contributed by atoms with Crippen molar-refractivity contribution < 1.29 is 14.6 Å². The number of nitrogens with one attached hydrogen (secondary N) is 1. The lowest BCUT2D eigenvalue weighted by Gasteiger charge is -2.14. The maximum atomic E-state index is 11.0. The Kier molecular flexibility index (Phi) is 2.79. The zero-order chi connectivity index (χ0) is 10.8. The Morgan fingerprint density at radius 1 is 1.40 bits per heavy atom. The molecule has 2 rings (SSSR count). The van der Waals surface area contributed by atoms with E-state index in [1.54, 1.807) is 24.3 Å². The van der Waals surface area contributed by atoms with Gasteiger partial charge in [-0.25, -0.2) is 4.79 Å².